The van der Waals surface area contributed by atoms with Gasteiger partial charge in [0.05, 0.1) is 19.0 Å². The fraction of sp³-hybridized carbons (Fsp3) is 0.300. The molecule has 3 rings (SSSR count). The predicted molar refractivity (Wildman–Crippen MR) is 89.5 cm³/mol. The van der Waals surface area contributed by atoms with Gasteiger partial charge in [-0.15, -0.1) is 0 Å². The van der Waals surface area contributed by atoms with Crippen molar-refractivity contribution < 1.29 is 9.47 Å². The Bertz CT molecular complexity index is 624. The summed E-state index contributed by atoms with van der Waals surface area (Å²) in [5, 5.41) is 0. The highest BCUT2D eigenvalue weighted by Crippen LogP contribution is 2.52. The first kappa shape index (κ1) is 14.9. The highest BCUT2D eigenvalue weighted by Gasteiger charge is 2.48. The van der Waals surface area contributed by atoms with Gasteiger partial charge in [-0.2, -0.15) is 0 Å². The van der Waals surface area contributed by atoms with Crippen molar-refractivity contribution in [2.75, 3.05) is 14.2 Å². The third kappa shape index (κ3) is 2.44. The van der Waals surface area contributed by atoms with Crippen LogP contribution in [-0.4, -0.2) is 20.3 Å². The molecule has 0 heterocycles. The minimum absolute atomic E-state index is 0.0386. The summed E-state index contributed by atoms with van der Waals surface area (Å²) in [7, 11) is 3.49. The van der Waals surface area contributed by atoms with Gasteiger partial charge in [0, 0.05) is 24.9 Å². The maximum absolute atomic E-state index is 5.90. The summed E-state index contributed by atoms with van der Waals surface area (Å²) in [6.07, 6.45) is 10.7. The Labute approximate surface area is 132 Å². The van der Waals surface area contributed by atoms with Gasteiger partial charge in [0.2, 0.25) is 0 Å². The number of benzene rings is 1. The summed E-state index contributed by atoms with van der Waals surface area (Å²) in [5.74, 6) is 1.47. The lowest BCUT2D eigenvalue weighted by Crippen LogP contribution is -2.22. The first-order valence-corrected chi connectivity index (χ1v) is 7.63. The van der Waals surface area contributed by atoms with E-state index in [9.17, 15) is 0 Å². The lowest BCUT2D eigenvalue weighted by molar-refractivity contribution is 0.107. The normalized spacial score (nSPS) is 29.6. The number of methoxy groups -OCH3 is 2. The second-order valence-corrected chi connectivity index (χ2v) is 5.75. The molecule has 1 fully saturated rings. The Hall–Kier alpha value is -2.06. The van der Waals surface area contributed by atoms with Gasteiger partial charge < -0.3 is 9.47 Å². The van der Waals surface area contributed by atoms with Crippen molar-refractivity contribution in [3.63, 3.8) is 0 Å². The van der Waals surface area contributed by atoms with Gasteiger partial charge in [0.25, 0.3) is 0 Å². The average molecular weight is 294 g/mol. The summed E-state index contributed by atoms with van der Waals surface area (Å²) in [6.45, 7) is 4.16. The lowest BCUT2D eigenvalue weighted by Gasteiger charge is -2.26. The Kier molecular flexibility index (Phi) is 4.30. The monoisotopic (exact) mass is 294 g/mol. The molecule has 1 aromatic rings. The van der Waals surface area contributed by atoms with E-state index in [-0.39, 0.29) is 23.9 Å². The minimum atomic E-state index is 0.0386. The molecule has 114 valence electrons. The summed E-state index contributed by atoms with van der Waals surface area (Å²) in [5.41, 5.74) is 2.56. The van der Waals surface area contributed by atoms with E-state index in [1.165, 1.54) is 11.1 Å². The molecule has 0 aromatic heterocycles. The van der Waals surface area contributed by atoms with Crippen molar-refractivity contribution in [1.29, 1.82) is 0 Å². The number of hydrogen-bond donors (Lipinski definition) is 0. The van der Waals surface area contributed by atoms with Crippen LogP contribution in [-0.2, 0) is 9.47 Å². The summed E-state index contributed by atoms with van der Waals surface area (Å²) in [6, 6.07) is 10.5. The molecule has 0 saturated heterocycles. The third-order valence-electron chi connectivity index (χ3n) is 4.72. The van der Waals surface area contributed by atoms with Crippen LogP contribution in [0, 0.1) is 11.8 Å². The molecule has 0 amide bonds. The number of allylic oxidation sites excluding steroid dienone is 6. The quantitative estimate of drug-likeness (QED) is 0.773. The minimum Gasteiger partial charge on any atom is -0.501 e. The first-order chi connectivity index (χ1) is 10.8. The molecular formula is C20H22O2. The Morgan fingerprint density at radius 3 is 2.50 bits per heavy atom. The van der Waals surface area contributed by atoms with Crippen molar-refractivity contribution in [3.8, 4) is 0 Å². The van der Waals surface area contributed by atoms with Gasteiger partial charge in [0.15, 0.2) is 0 Å². The van der Waals surface area contributed by atoms with Gasteiger partial charge in [-0.25, -0.2) is 0 Å². The summed E-state index contributed by atoms with van der Waals surface area (Å²) < 4.78 is 11.4. The van der Waals surface area contributed by atoms with Crippen LogP contribution in [0.5, 0.6) is 0 Å². The highest BCUT2D eigenvalue weighted by molar-refractivity contribution is 5.42. The molecule has 0 unspecified atom stereocenters. The van der Waals surface area contributed by atoms with Crippen molar-refractivity contribution >= 4 is 0 Å². The number of rotatable bonds is 4. The van der Waals surface area contributed by atoms with Gasteiger partial charge in [0.1, 0.15) is 0 Å². The van der Waals surface area contributed by atoms with Crippen molar-refractivity contribution in [3.05, 3.63) is 84.2 Å². The molecule has 2 nitrogen and oxygen atoms in total. The fourth-order valence-electron chi connectivity index (χ4n) is 3.74. The van der Waals surface area contributed by atoms with Crippen LogP contribution in [0.1, 0.15) is 11.5 Å². The van der Waals surface area contributed by atoms with Crippen LogP contribution in [0.2, 0.25) is 0 Å². The zero-order valence-corrected chi connectivity index (χ0v) is 13.1. The summed E-state index contributed by atoms with van der Waals surface area (Å²) >= 11 is 0. The molecule has 0 N–H and O–H groups in total. The second kappa shape index (κ2) is 6.37. The summed E-state index contributed by atoms with van der Waals surface area (Å²) in [4.78, 5) is 0. The van der Waals surface area contributed by atoms with E-state index in [0.717, 1.165) is 5.76 Å². The van der Waals surface area contributed by atoms with Crippen LogP contribution in [0.4, 0.5) is 0 Å². The van der Waals surface area contributed by atoms with E-state index in [1.807, 2.05) is 6.07 Å². The topological polar surface area (TPSA) is 18.5 Å². The van der Waals surface area contributed by atoms with E-state index < -0.39 is 0 Å². The van der Waals surface area contributed by atoms with Crippen LogP contribution >= 0.6 is 0 Å². The predicted octanol–water partition coefficient (Wildman–Crippen LogP) is 4.24. The third-order valence-corrected chi connectivity index (χ3v) is 4.72. The average Bonchev–Trinajstić information content (AvgIpc) is 2.71. The molecule has 4 atom stereocenters. The molecule has 2 aliphatic rings. The Morgan fingerprint density at radius 1 is 1.05 bits per heavy atom. The number of fused-ring (bicyclic) bond motifs is 1. The molecule has 1 aromatic carbocycles. The Morgan fingerprint density at radius 2 is 1.82 bits per heavy atom. The van der Waals surface area contributed by atoms with Crippen molar-refractivity contribution in [1.82, 2.24) is 0 Å². The molecule has 0 aliphatic heterocycles. The van der Waals surface area contributed by atoms with Gasteiger partial charge in [-0.3, -0.25) is 0 Å². The zero-order chi connectivity index (χ0) is 15.5. The molecule has 0 spiro atoms. The Balaban J connectivity index is 2.12. The largest absolute Gasteiger partial charge is 0.501 e. The van der Waals surface area contributed by atoms with Crippen molar-refractivity contribution in [2.24, 2.45) is 11.8 Å². The molecule has 1 saturated carbocycles. The first-order valence-electron chi connectivity index (χ1n) is 7.63. The van der Waals surface area contributed by atoms with E-state index >= 15 is 0 Å². The zero-order valence-electron chi connectivity index (χ0n) is 13.1. The van der Waals surface area contributed by atoms with E-state index in [1.54, 1.807) is 14.2 Å². The maximum Gasteiger partial charge on any atom is 0.0931 e. The van der Waals surface area contributed by atoms with E-state index in [0.29, 0.717) is 0 Å². The molecule has 0 bridgehead atoms. The molecule has 0 radical (unpaired) electrons. The lowest BCUT2D eigenvalue weighted by atomic mass is 9.82. The maximum atomic E-state index is 5.90. The van der Waals surface area contributed by atoms with Gasteiger partial charge >= 0.3 is 0 Å². The van der Waals surface area contributed by atoms with Crippen LogP contribution in [0.3, 0.4) is 0 Å². The number of hydrogen-bond acceptors (Lipinski definition) is 2. The molecule has 2 aliphatic carbocycles. The van der Waals surface area contributed by atoms with Gasteiger partial charge in [-0.1, -0.05) is 67.3 Å². The van der Waals surface area contributed by atoms with E-state index in [4.69, 9.17) is 9.47 Å². The molecule has 2 heteroatoms. The van der Waals surface area contributed by atoms with E-state index in [2.05, 4.69) is 61.2 Å². The number of ether oxygens (including phenoxy) is 2. The van der Waals surface area contributed by atoms with Crippen LogP contribution < -0.4 is 0 Å². The SMILES string of the molecule is C=C(OC)[C@H]1[C@H](c2ccccc2)[C@H](OC)C2=CC=CC=C[C@@H]21. The van der Waals surface area contributed by atoms with Crippen LogP contribution in [0.15, 0.2) is 78.6 Å². The standard InChI is InChI=1S/C20H22O2/c1-14(21-2)18-16-12-8-5-9-13-17(16)20(22-3)19(18)15-10-6-4-7-11-15/h4-13,16,18-20H,1H2,2-3H3/t16-,18+,19-,20+/m0/s1. The fourth-order valence-corrected chi connectivity index (χ4v) is 3.74. The van der Waals surface area contributed by atoms with Gasteiger partial charge in [-0.05, 0) is 11.1 Å². The highest BCUT2D eigenvalue weighted by atomic mass is 16.5. The molecular weight excluding hydrogens is 272 g/mol. The van der Waals surface area contributed by atoms with Crippen molar-refractivity contribution in [2.45, 2.75) is 12.0 Å². The second-order valence-electron chi connectivity index (χ2n) is 5.75. The smallest absolute Gasteiger partial charge is 0.0931 e. The molecule has 22 heavy (non-hydrogen) atoms. The van der Waals surface area contributed by atoms with Crippen LogP contribution in [0.25, 0.3) is 0 Å².